The van der Waals surface area contributed by atoms with Crippen LogP contribution < -0.4 is 10.5 Å². The van der Waals surface area contributed by atoms with E-state index in [1.807, 2.05) is 31.2 Å². The topological polar surface area (TPSA) is 35.2 Å². The molecule has 1 atom stereocenters. The summed E-state index contributed by atoms with van der Waals surface area (Å²) in [5.41, 5.74) is 6.94. The summed E-state index contributed by atoms with van der Waals surface area (Å²) < 4.78 is 19.9. The number of rotatable bonds is 4. The lowest BCUT2D eigenvalue weighted by Crippen LogP contribution is -2.09. The second-order valence-electron chi connectivity index (χ2n) is 4.35. The van der Waals surface area contributed by atoms with E-state index in [4.69, 9.17) is 22.1 Å². The minimum Gasteiger partial charge on any atom is -0.456 e. The van der Waals surface area contributed by atoms with Crippen molar-refractivity contribution >= 4 is 27.5 Å². The van der Waals surface area contributed by atoms with Crippen LogP contribution in [0.4, 0.5) is 4.39 Å². The molecule has 0 saturated carbocycles. The Kier molecular flexibility index (Phi) is 5.02. The number of ether oxygens (including phenoxy) is 1. The Morgan fingerprint density at radius 3 is 2.70 bits per heavy atom. The molecule has 2 rings (SSSR count). The summed E-state index contributed by atoms with van der Waals surface area (Å²) in [6.07, 6.45) is 0.788. The van der Waals surface area contributed by atoms with Gasteiger partial charge in [-0.1, -0.05) is 36.7 Å². The molecule has 2 N–H and O–H groups in total. The molecule has 1 unspecified atom stereocenters. The van der Waals surface area contributed by atoms with Gasteiger partial charge >= 0.3 is 0 Å². The Bertz CT molecular complexity index is 621. The van der Waals surface area contributed by atoms with Gasteiger partial charge < -0.3 is 10.5 Å². The number of benzene rings is 2. The van der Waals surface area contributed by atoms with E-state index in [9.17, 15) is 4.39 Å². The molecule has 0 spiro atoms. The molecular formula is C15H14BrClFNO. The van der Waals surface area contributed by atoms with Crippen LogP contribution in [0.25, 0.3) is 0 Å². The minimum absolute atomic E-state index is 0.0442. The van der Waals surface area contributed by atoms with Crippen molar-refractivity contribution in [1.82, 2.24) is 0 Å². The number of nitrogens with two attached hydrogens (primary N) is 1. The highest BCUT2D eigenvalue weighted by molar-refractivity contribution is 9.10. The molecule has 0 fully saturated rings. The van der Waals surface area contributed by atoms with Crippen molar-refractivity contribution < 1.29 is 9.13 Å². The number of para-hydroxylation sites is 1. The van der Waals surface area contributed by atoms with Crippen LogP contribution in [0.5, 0.6) is 11.5 Å². The Morgan fingerprint density at radius 1 is 1.30 bits per heavy atom. The van der Waals surface area contributed by atoms with Crippen molar-refractivity contribution in [3.05, 3.63) is 57.3 Å². The van der Waals surface area contributed by atoms with Crippen LogP contribution in [0, 0.1) is 5.82 Å². The van der Waals surface area contributed by atoms with Gasteiger partial charge in [-0.25, -0.2) is 4.39 Å². The average Bonchev–Trinajstić information content (AvgIpc) is 2.44. The Balaban J connectivity index is 2.38. The minimum atomic E-state index is -0.526. The van der Waals surface area contributed by atoms with E-state index >= 15 is 0 Å². The van der Waals surface area contributed by atoms with Gasteiger partial charge in [0.2, 0.25) is 0 Å². The smallest absolute Gasteiger partial charge is 0.145 e. The third kappa shape index (κ3) is 3.32. The van der Waals surface area contributed by atoms with Crippen molar-refractivity contribution in [1.29, 1.82) is 0 Å². The fraction of sp³-hybridized carbons (Fsp3) is 0.200. The Morgan fingerprint density at radius 2 is 2.00 bits per heavy atom. The Hall–Kier alpha value is -1.10. The lowest BCUT2D eigenvalue weighted by Gasteiger charge is -2.16. The second kappa shape index (κ2) is 6.57. The maximum Gasteiger partial charge on any atom is 0.145 e. The molecule has 0 saturated heterocycles. The maximum atomic E-state index is 13.5. The second-order valence-corrected chi connectivity index (χ2v) is 5.61. The van der Waals surface area contributed by atoms with Gasteiger partial charge in [-0.3, -0.25) is 0 Å². The van der Waals surface area contributed by atoms with Crippen molar-refractivity contribution in [3.63, 3.8) is 0 Å². The zero-order chi connectivity index (χ0) is 14.7. The fourth-order valence-corrected chi connectivity index (χ4v) is 2.52. The van der Waals surface area contributed by atoms with E-state index in [2.05, 4.69) is 15.9 Å². The SMILES string of the molecule is CCC(N)c1ccccc1Oc1cc(F)c(Cl)cc1Br. The number of hydrogen-bond acceptors (Lipinski definition) is 2. The third-order valence-corrected chi connectivity index (χ3v) is 3.86. The standard InChI is InChI=1S/C15H14BrClFNO/c1-2-13(19)9-5-3-4-6-14(9)20-15-8-12(18)11(17)7-10(15)16/h3-8,13H,2,19H2,1H3. The molecule has 0 aromatic heterocycles. The molecule has 106 valence electrons. The van der Waals surface area contributed by atoms with Gasteiger partial charge in [-0.15, -0.1) is 0 Å². The van der Waals surface area contributed by atoms with Gasteiger partial charge in [-0.05, 0) is 34.5 Å². The molecular weight excluding hydrogens is 345 g/mol. The quantitative estimate of drug-likeness (QED) is 0.738. The first-order valence-corrected chi connectivity index (χ1v) is 7.37. The van der Waals surface area contributed by atoms with Gasteiger partial charge in [0.1, 0.15) is 17.3 Å². The predicted molar refractivity (Wildman–Crippen MR) is 82.8 cm³/mol. The zero-order valence-corrected chi connectivity index (χ0v) is 13.2. The van der Waals surface area contributed by atoms with Crippen molar-refractivity contribution in [2.45, 2.75) is 19.4 Å². The lowest BCUT2D eigenvalue weighted by atomic mass is 10.0. The molecule has 2 aromatic carbocycles. The highest BCUT2D eigenvalue weighted by Gasteiger charge is 2.13. The fourth-order valence-electron chi connectivity index (χ4n) is 1.80. The van der Waals surface area contributed by atoms with Crippen LogP contribution in [0.3, 0.4) is 0 Å². The van der Waals surface area contributed by atoms with E-state index in [1.54, 1.807) is 0 Å². The predicted octanol–water partition coefficient (Wildman–Crippen LogP) is 5.44. The molecule has 2 nitrogen and oxygen atoms in total. The Labute approximate surface area is 130 Å². The monoisotopic (exact) mass is 357 g/mol. The first kappa shape index (κ1) is 15.3. The average molecular weight is 359 g/mol. The molecule has 5 heteroatoms. The highest BCUT2D eigenvalue weighted by atomic mass is 79.9. The summed E-state index contributed by atoms with van der Waals surface area (Å²) in [6.45, 7) is 2.00. The largest absolute Gasteiger partial charge is 0.456 e. The summed E-state index contributed by atoms with van der Waals surface area (Å²) in [7, 11) is 0. The van der Waals surface area contributed by atoms with E-state index in [0.717, 1.165) is 12.0 Å². The van der Waals surface area contributed by atoms with Crippen molar-refractivity contribution in [2.24, 2.45) is 5.73 Å². The first-order valence-electron chi connectivity index (χ1n) is 6.19. The van der Waals surface area contributed by atoms with Gasteiger partial charge in [0, 0.05) is 17.7 Å². The maximum absolute atomic E-state index is 13.5. The normalized spacial score (nSPS) is 12.2. The van der Waals surface area contributed by atoms with E-state index in [-0.39, 0.29) is 11.1 Å². The van der Waals surface area contributed by atoms with Crippen LogP contribution in [0.1, 0.15) is 24.9 Å². The van der Waals surface area contributed by atoms with Gasteiger partial charge in [0.05, 0.1) is 9.50 Å². The van der Waals surface area contributed by atoms with Crippen LogP contribution in [-0.2, 0) is 0 Å². The summed E-state index contributed by atoms with van der Waals surface area (Å²) >= 11 is 9.02. The molecule has 0 aliphatic rings. The van der Waals surface area contributed by atoms with Gasteiger partial charge in [0.15, 0.2) is 0 Å². The third-order valence-electron chi connectivity index (χ3n) is 2.95. The van der Waals surface area contributed by atoms with Crippen LogP contribution >= 0.6 is 27.5 Å². The molecule has 0 aliphatic carbocycles. The zero-order valence-electron chi connectivity index (χ0n) is 10.9. The van der Waals surface area contributed by atoms with Crippen LogP contribution in [0.15, 0.2) is 40.9 Å². The lowest BCUT2D eigenvalue weighted by molar-refractivity contribution is 0.461. The van der Waals surface area contributed by atoms with E-state index in [0.29, 0.717) is 16.0 Å². The highest BCUT2D eigenvalue weighted by Crippen LogP contribution is 2.36. The molecule has 0 aliphatic heterocycles. The van der Waals surface area contributed by atoms with Crippen LogP contribution in [0.2, 0.25) is 5.02 Å². The molecule has 2 aromatic rings. The number of hydrogen-bond donors (Lipinski definition) is 1. The van der Waals surface area contributed by atoms with Gasteiger partial charge in [-0.2, -0.15) is 0 Å². The molecule has 0 amide bonds. The van der Waals surface area contributed by atoms with Crippen LogP contribution in [-0.4, -0.2) is 0 Å². The van der Waals surface area contributed by atoms with E-state index in [1.165, 1.54) is 12.1 Å². The van der Waals surface area contributed by atoms with Gasteiger partial charge in [0.25, 0.3) is 0 Å². The van der Waals surface area contributed by atoms with E-state index < -0.39 is 5.82 Å². The summed E-state index contributed by atoms with van der Waals surface area (Å²) in [4.78, 5) is 0. The molecule has 20 heavy (non-hydrogen) atoms. The summed E-state index contributed by atoms with van der Waals surface area (Å²) in [5.74, 6) is 0.453. The van der Waals surface area contributed by atoms with Crippen molar-refractivity contribution in [2.75, 3.05) is 0 Å². The van der Waals surface area contributed by atoms with Crippen molar-refractivity contribution in [3.8, 4) is 11.5 Å². The summed E-state index contributed by atoms with van der Waals surface area (Å²) in [5, 5.41) is 0.0442. The summed E-state index contributed by atoms with van der Waals surface area (Å²) in [6, 6.07) is 10.1. The first-order chi connectivity index (χ1) is 9.52. The number of halogens is 3. The molecule has 0 bridgehead atoms. The molecule has 0 heterocycles. The molecule has 0 radical (unpaired) electrons.